The highest BCUT2D eigenvalue weighted by Crippen LogP contribution is 2.19. The van der Waals surface area contributed by atoms with Crippen molar-refractivity contribution in [3.63, 3.8) is 0 Å². The number of hydrogen-bond acceptors (Lipinski definition) is 3. The number of rotatable bonds is 8. The molecule has 114 valence electrons. The largest absolute Gasteiger partial charge is 0.313 e. The topological polar surface area (TPSA) is 58.2 Å². The Balaban J connectivity index is 3.03. The van der Waals surface area contributed by atoms with Crippen LogP contribution < -0.4 is 10.0 Å². The number of sulfonamides is 1. The zero-order chi connectivity index (χ0) is 15.2. The van der Waals surface area contributed by atoms with Crippen molar-refractivity contribution in [3.05, 3.63) is 29.1 Å². The lowest BCUT2D eigenvalue weighted by molar-refractivity contribution is 0.571. The highest BCUT2D eigenvalue weighted by atomic mass is 32.2. The van der Waals surface area contributed by atoms with Gasteiger partial charge in [-0.05, 0) is 37.6 Å². The van der Waals surface area contributed by atoms with Crippen molar-refractivity contribution < 1.29 is 12.8 Å². The summed E-state index contributed by atoms with van der Waals surface area (Å²) in [7, 11) is -3.56. The van der Waals surface area contributed by atoms with Crippen molar-refractivity contribution >= 4 is 10.0 Å². The van der Waals surface area contributed by atoms with E-state index in [2.05, 4.69) is 10.0 Å². The zero-order valence-electron chi connectivity index (χ0n) is 12.3. The van der Waals surface area contributed by atoms with E-state index in [0.29, 0.717) is 30.8 Å². The summed E-state index contributed by atoms with van der Waals surface area (Å²) in [6, 6.07) is 2.78. The van der Waals surface area contributed by atoms with Gasteiger partial charge in [0.1, 0.15) is 5.82 Å². The van der Waals surface area contributed by atoms with E-state index in [4.69, 9.17) is 0 Å². The first kappa shape index (κ1) is 17.1. The molecule has 0 aromatic heterocycles. The van der Waals surface area contributed by atoms with Gasteiger partial charge in [-0.2, -0.15) is 0 Å². The molecular weight excluding hydrogens is 279 g/mol. The molecule has 0 aliphatic rings. The SMILES string of the molecule is CCCCNS(=O)(=O)c1cc(C)c(F)c(CNCC)c1. The summed E-state index contributed by atoms with van der Waals surface area (Å²) in [5.74, 6) is -0.349. The number of hydrogen-bond donors (Lipinski definition) is 2. The molecule has 1 aromatic carbocycles. The summed E-state index contributed by atoms with van der Waals surface area (Å²) in [5.41, 5.74) is 0.721. The van der Waals surface area contributed by atoms with Gasteiger partial charge in [0.05, 0.1) is 4.90 Å². The minimum atomic E-state index is -3.56. The minimum absolute atomic E-state index is 0.125. The Morgan fingerprint density at radius 2 is 1.95 bits per heavy atom. The minimum Gasteiger partial charge on any atom is -0.313 e. The molecule has 0 heterocycles. The molecule has 4 nitrogen and oxygen atoms in total. The van der Waals surface area contributed by atoms with Crippen molar-refractivity contribution in [2.24, 2.45) is 0 Å². The van der Waals surface area contributed by atoms with Gasteiger partial charge in [0.2, 0.25) is 10.0 Å². The maximum atomic E-state index is 13.9. The predicted octanol–water partition coefficient (Wildman–Crippen LogP) is 2.32. The van der Waals surface area contributed by atoms with Gasteiger partial charge in [-0.3, -0.25) is 0 Å². The van der Waals surface area contributed by atoms with Crippen LogP contribution in [0.4, 0.5) is 4.39 Å². The lowest BCUT2D eigenvalue weighted by atomic mass is 10.1. The molecule has 0 radical (unpaired) electrons. The van der Waals surface area contributed by atoms with Gasteiger partial charge >= 0.3 is 0 Å². The number of halogens is 1. The average molecular weight is 302 g/mol. The smallest absolute Gasteiger partial charge is 0.240 e. The second kappa shape index (κ2) is 7.71. The van der Waals surface area contributed by atoms with Gasteiger partial charge in [-0.25, -0.2) is 17.5 Å². The Hall–Kier alpha value is -0.980. The van der Waals surface area contributed by atoms with Crippen molar-refractivity contribution in [2.45, 2.75) is 45.1 Å². The third-order valence-corrected chi connectivity index (χ3v) is 4.44. The third-order valence-electron chi connectivity index (χ3n) is 3.00. The van der Waals surface area contributed by atoms with Gasteiger partial charge in [0.15, 0.2) is 0 Å². The van der Waals surface area contributed by atoms with Crippen molar-refractivity contribution in [1.29, 1.82) is 0 Å². The highest BCUT2D eigenvalue weighted by Gasteiger charge is 2.17. The normalized spacial score (nSPS) is 11.8. The fourth-order valence-corrected chi connectivity index (χ4v) is 3.03. The van der Waals surface area contributed by atoms with Crippen LogP contribution in [0.5, 0.6) is 0 Å². The standard InChI is InChI=1S/C14H23FN2O2S/c1-4-6-7-17-20(18,19)13-8-11(3)14(15)12(9-13)10-16-5-2/h8-9,16-17H,4-7,10H2,1-3H3. The van der Waals surface area contributed by atoms with Crippen LogP contribution in [0.1, 0.15) is 37.8 Å². The highest BCUT2D eigenvalue weighted by molar-refractivity contribution is 7.89. The van der Waals surface area contributed by atoms with Crippen LogP contribution in [-0.4, -0.2) is 21.5 Å². The van der Waals surface area contributed by atoms with E-state index in [1.165, 1.54) is 12.1 Å². The molecule has 0 unspecified atom stereocenters. The lowest BCUT2D eigenvalue weighted by Crippen LogP contribution is -2.25. The van der Waals surface area contributed by atoms with Gasteiger partial charge in [-0.1, -0.05) is 20.3 Å². The molecule has 0 fully saturated rings. The third kappa shape index (κ3) is 4.54. The van der Waals surface area contributed by atoms with E-state index in [0.717, 1.165) is 12.8 Å². The molecule has 0 amide bonds. The Labute approximate surface area is 120 Å². The average Bonchev–Trinajstić information content (AvgIpc) is 2.40. The predicted molar refractivity (Wildman–Crippen MR) is 78.6 cm³/mol. The number of benzene rings is 1. The molecule has 0 atom stereocenters. The first-order valence-electron chi connectivity index (χ1n) is 6.91. The van der Waals surface area contributed by atoms with E-state index in [1.807, 2.05) is 13.8 Å². The fraction of sp³-hybridized carbons (Fsp3) is 0.571. The second-order valence-corrected chi connectivity index (χ2v) is 6.51. The molecule has 0 saturated carbocycles. The van der Waals surface area contributed by atoms with Gasteiger partial charge < -0.3 is 5.32 Å². The summed E-state index contributed by atoms with van der Waals surface area (Å²) in [6.07, 6.45) is 1.69. The van der Waals surface area contributed by atoms with Crippen LogP contribution in [-0.2, 0) is 16.6 Å². The van der Waals surface area contributed by atoms with E-state index >= 15 is 0 Å². The molecule has 0 saturated heterocycles. The number of aryl methyl sites for hydroxylation is 1. The van der Waals surface area contributed by atoms with Crippen LogP contribution in [0.15, 0.2) is 17.0 Å². The summed E-state index contributed by atoms with van der Waals surface area (Å²) < 4.78 is 40.8. The van der Waals surface area contributed by atoms with Crippen molar-refractivity contribution in [1.82, 2.24) is 10.0 Å². The van der Waals surface area contributed by atoms with E-state index < -0.39 is 10.0 Å². The molecular formula is C14H23FN2O2S. The summed E-state index contributed by atoms with van der Waals surface area (Å²) in [5, 5.41) is 3.01. The maximum absolute atomic E-state index is 13.9. The molecule has 20 heavy (non-hydrogen) atoms. The Morgan fingerprint density at radius 3 is 2.55 bits per heavy atom. The molecule has 0 bridgehead atoms. The molecule has 0 spiro atoms. The Kier molecular flexibility index (Phi) is 6.58. The number of nitrogens with one attached hydrogen (secondary N) is 2. The number of unbranched alkanes of at least 4 members (excludes halogenated alkanes) is 1. The fourth-order valence-electron chi connectivity index (χ4n) is 1.82. The van der Waals surface area contributed by atoms with Crippen molar-refractivity contribution in [2.75, 3.05) is 13.1 Å². The van der Waals surface area contributed by atoms with Crippen LogP contribution in [0.25, 0.3) is 0 Å². The van der Waals surface area contributed by atoms with Crippen molar-refractivity contribution in [3.8, 4) is 0 Å². The molecule has 2 N–H and O–H groups in total. The van der Waals surface area contributed by atoms with Crippen LogP contribution in [0.3, 0.4) is 0 Å². The maximum Gasteiger partial charge on any atom is 0.240 e. The van der Waals surface area contributed by atoms with Gasteiger partial charge in [0.25, 0.3) is 0 Å². The van der Waals surface area contributed by atoms with E-state index in [9.17, 15) is 12.8 Å². The van der Waals surface area contributed by atoms with E-state index in [1.54, 1.807) is 6.92 Å². The quantitative estimate of drug-likeness (QED) is 0.725. The lowest BCUT2D eigenvalue weighted by Gasteiger charge is -2.11. The Bertz CT molecular complexity index is 544. The summed E-state index contributed by atoms with van der Waals surface area (Å²) in [6.45, 7) is 6.90. The summed E-state index contributed by atoms with van der Waals surface area (Å²) >= 11 is 0. The van der Waals surface area contributed by atoms with Crippen LogP contribution >= 0.6 is 0 Å². The second-order valence-electron chi connectivity index (χ2n) is 4.74. The Morgan fingerprint density at radius 1 is 1.25 bits per heavy atom. The summed E-state index contributed by atoms with van der Waals surface area (Å²) in [4.78, 5) is 0.125. The van der Waals surface area contributed by atoms with Gasteiger partial charge in [-0.15, -0.1) is 0 Å². The van der Waals surface area contributed by atoms with Crippen LogP contribution in [0, 0.1) is 12.7 Å². The molecule has 0 aliphatic heterocycles. The first-order valence-corrected chi connectivity index (χ1v) is 8.40. The van der Waals surface area contributed by atoms with Crippen LogP contribution in [0.2, 0.25) is 0 Å². The molecule has 1 rings (SSSR count). The van der Waals surface area contributed by atoms with E-state index in [-0.39, 0.29) is 10.7 Å². The zero-order valence-corrected chi connectivity index (χ0v) is 13.1. The molecule has 1 aromatic rings. The molecule has 6 heteroatoms. The first-order chi connectivity index (χ1) is 9.42. The van der Waals surface area contributed by atoms with Gasteiger partial charge in [0, 0.05) is 18.7 Å². The monoisotopic (exact) mass is 302 g/mol. The molecule has 0 aliphatic carbocycles.